The largest absolute Gasteiger partial charge is 0.0683 e. The minimum absolute atomic E-state index is 1.02. The van der Waals surface area contributed by atoms with Crippen molar-refractivity contribution in [2.75, 3.05) is 0 Å². The second kappa shape index (κ2) is 21.3. The van der Waals surface area contributed by atoms with Gasteiger partial charge >= 0.3 is 0 Å². The Hall–Kier alpha value is 0. The summed E-state index contributed by atoms with van der Waals surface area (Å²) in [4.78, 5) is 0. The van der Waals surface area contributed by atoms with Crippen molar-refractivity contribution in [3.05, 3.63) is 0 Å². The lowest BCUT2D eigenvalue weighted by atomic mass is 9.79. The first-order valence-electron chi connectivity index (χ1n) is 8.26. The van der Waals surface area contributed by atoms with Gasteiger partial charge in [0.05, 0.1) is 0 Å². The van der Waals surface area contributed by atoms with E-state index in [2.05, 4.69) is 27.7 Å². The molecule has 0 aromatic heterocycles. The fraction of sp³-hybridized carbons (Fsp3) is 1.00. The van der Waals surface area contributed by atoms with E-state index in [4.69, 9.17) is 0 Å². The van der Waals surface area contributed by atoms with Crippen LogP contribution in [0.3, 0.4) is 0 Å². The zero-order chi connectivity index (χ0) is 14.1. The molecule has 1 aliphatic carbocycles. The average molecular weight is 245 g/mol. The molecule has 0 aromatic carbocycles. The quantitative estimate of drug-likeness (QED) is 0.487. The maximum atomic E-state index is 2.41. The van der Waals surface area contributed by atoms with E-state index in [0.717, 1.165) is 11.8 Å². The molecule has 0 aliphatic heterocycles. The highest BCUT2D eigenvalue weighted by molar-refractivity contribution is 4.70. The molecule has 0 saturated heterocycles. The molecule has 0 amide bonds. The average Bonchev–Trinajstić information content (AvgIpc) is 2.44. The topological polar surface area (TPSA) is 0 Å². The van der Waals surface area contributed by atoms with E-state index in [9.17, 15) is 0 Å². The molecule has 0 nitrogen and oxygen atoms in total. The standard InChI is InChI=1S/C9H18.C4H10.2C2H6/c1-3-9-7-5-4-6-8(9)2;1-3-4-2;2*1-2/h8-9H,3-7H2,1-2H3;3-4H2,1-2H3;2*1-2H3. The third kappa shape index (κ3) is 16.0. The number of hydrogen-bond acceptors (Lipinski definition) is 0. The Bertz CT molecular complexity index is 94.2. The minimum Gasteiger partial charge on any atom is -0.0683 e. The highest BCUT2D eigenvalue weighted by atomic mass is 14.2. The van der Waals surface area contributed by atoms with Crippen molar-refractivity contribution in [3.63, 3.8) is 0 Å². The second-order valence-electron chi connectivity index (χ2n) is 4.43. The molecule has 1 saturated carbocycles. The van der Waals surface area contributed by atoms with Gasteiger partial charge in [-0.05, 0) is 11.8 Å². The summed E-state index contributed by atoms with van der Waals surface area (Å²) in [6.45, 7) is 17.1. The van der Waals surface area contributed by atoms with Crippen LogP contribution in [-0.2, 0) is 0 Å². The lowest BCUT2D eigenvalue weighted by molar-refractivity contribution is 0.249. The van der Waals surface area contributed by atoms with Crippen molar-refractivity contribution < 1.29 is 0 Å². The highest BCUT2D eigenvalue weighted by Gasteiger charge is 2.18. The van der Waals surface area contributed by atoms with E-state index in [1.54, 1.807) is 0 Å². The Kier molecular flexibility index (Phi) is 27.8. The van der Waals surface area contributed by atoms with Gasteiger partial charge in [0.2, 0.25) is 0 Å². The summed E-state index contributed by atoms with van der Waals surface area (Å²) in [5, 5.41) is 0. The highest BCUT2D eigenvalue weighted by Crippen LogP contribution is 2.31. The number of hydrogen-bond donors (Lipinski definition) is 0. The van der Waals surface area contributed by atoms with Gasteiger partial charge in [0.1, 0.15) is 0 Å². The Balaban J connectivity index is -0.000000208. The summed E-state index contributed by atoms with van der Waals surface area (Å²) in [7, 11) is 0. The molecule has 0 bridgehead atoms. The zero-order valence-corrected chi connectivity index (χ0v) is 14.1. The van der Waals surface area contributed by atoms with E-state index in [1.807, 2.05) is 27.7 Å². The normalized spacial score (nSPS) is 21.9. The summed E-state index contributed by atoms with van der Waals surface area (Å²) in [5.74, 6) is 2.07. The molecule has 0 spiro atoms. The summed E-state index contributed by atoms with van der Waals surface area (Å²) < 4.78 is 0. The van der Waals surface area contributed by atoms with Crippen LogP contribution in [0.5, 0.6) is 0 Å². The Morgan fingerprint density at radius 3 is 1.41 bits per heavy atom. The predicted molar refractivity (Wildman–Crippen MR) is 84.7 cm³/mol. The van der Waals surface area contributed by atoms with Crippen LogP contribution in [0, 0.1) is 11.8 Å². The number of unbranched alkanes of at least 4 members (excludes halogenated alkanes) is 1. The van der Waals surface area contributed by atoms with Crippen molar-refractivity contribution in [3.8, 4) is 0 Å². The molecule has 0 aromatic rings. The summed E-state index contributed by atoms with van der Waals surface area (Å²) >= 11 is 0. The van der Waals surface area contributed by atoms with Crippen LogP contribution in [0.2, 0.25) is 0 Å². The van der Waals surface area contributed by atoms with Gasteiger partial charge in [-0.25, -0.2) is 0 Å². The van der Waals surface area contributed by atoms with E-state index in [1.165, 1.54) is 44.9 Å². The summed E-state index contributed by atoms with van der Waals surface area (Å²) in [6, 6.07) is 0. The van der Waals surface area contributed by atoms with Crippen molar-refractivity contribution in [1.29, 1.82) is 0 Å². The van der Waals surface area contributed by atoms with E-state index >= 15 is 0 Å². The zero-order valence-electron chi connectivity index (χ0n) is 14.1. The van der Waals surface area contributed by atoms with Crippen LogP contribution >= 0.6 is 0 Å². The van der Waals surface area contributed by atoms with Gasteiger partial charge in [-0.1, -0.05) is 100 Å². The monoisotopic (exact) mass is 244 g/mol. The molecular formula is C17H40. The summed E-state index contributed by atoms with van der Waals surface area (Å²) in [6.07, 6.45) is 10.00. The molecular weight excluding hydrogens is 204 g/mol. The van der Waals surface area contributed by atoms with Crippen molar-refractivity contribution in [2.24, 2.45) is 11.8 Å². The molecule has 108 valence electrons. The molecule has 2 atom stereocenters. The van der Waals surface area contributed by atoms with Crippen LogP contribution in [-0.4, -0.2) is 0 Å². The third-order valence-corrected chi connectivity index (χ3v) is 3.31. The first-order valence-corrected chi connectivity index (χ1v) is 8.26. The van der Waals surface area contributed by atoms with Crippen LogP contribution < -0.4 is 0 Å². The molecule has 1 rings (SSSR count). The fourth-order valence-electron chi connectivity index (χ4n) is 2.00. The van der Waals surface area contributed by atoms with E-state index in [-0.39, 0.29) is 0 Å². The minimum atomic E-state index is 1.02. The van der Waals surface area contributed by atoms with Crippen LogP contribution in [0.4, 0.5) is 0 Å². The van der Waals surface area contributed by atoms with Gasteiger partial charge in [0, 0.05) is 0 Å². The third-order valence-electron chi connectivity index (χ3n) is 3.31. The Labute approximate surface area is 113 Å². The molecule has 2 unspecified atom stereocenters. The molecule has 0 heterocycles. The van der Waals surface area contributed by atoms with Crippen molar-refractivity contribution in [2.45, 2.75) is 100 Å². The van der Waals surface area contributed by atoms with Gasteiger partial charge < -0.3 is 0 Å². The maximum absolute atomic E-state index is 2.41. The lowest BCUT2D eigenvalue weighted by Crippen LogP contribution is -2.15. The molecule has 0 N–H and O–H groups in total. The van der Waals surface area contributed by atoms with Crippen LogP contribution in [0.15, 0.2) is 0 Å². The van der Waals surface area contributed by atoms with Gasteiger partial charge in [0.15, 0.2) is 0 Å². The van der Waals surface area contributed by atoms with E-state index < -0.39 is 0 Å². The van der Waals surface area contributed by atoms with Gasteiger partial charge in [-0.3, -0.25) is 0 Å². The SMILES string of the molecule is CC.CC.CCC1CCCCC1C.CCCC. The predicted octanol–water partition coefficient (Wildman–Crippen LogP) is 7.08. The molecule has 0 heteroatoms. The number of rotatable bonds is 2. The van der Waals surface area contributed by atoms with Crippen LogP contribution in [0.25, 0.3) is 0 Å². The van der Waals surface area contributed by atoms with Gasteiger partial charge in [-0.2, -0.15) is 0 Å². The molecule has 0 radical (unpaired) electrons. The first kappa shape index (κ1) is 22.2. The lowest BCUT2D eigenvalue weighted by Gasteiger charge is -2.27. The Morgan fingerprint density at radius 1 is 0.765 bits per heavy atom. The van der Waals surface area contributed by atoms with E-state index in [0.29, 0.717) is 0 Å². The molecule has 1 aliphatic rings. The van der Waals surface area contributed by atoms with Crippen LogP contribution in [0.1, 0.15) is 100 Å². The Morgan fingerprint density at radius 2 is 1.18 bits per heavy atom. The maximum Gasteiger partial charge on any atom is -0.0391 e. The second-order valence-corrected chi connectivity index (χ2v) is 4.43. The molecule has 17 heavy (non-hydrogen) atoms. The molecule has 1 fully saturated rings. The smallest absolute Gasteiger partial charge is 0.0391 e. The van der Waals surface area contributed by atoms with Crippen molar-refractivity contribution in [1.82, 2.24) is 0 Å². The first-order chi connectivity index (χ1) is 8.26. The van der Waals surface area contributed by atoms with Crippen molar-refractivity contribution >= 4 is 0 Å². The van der Waals surface area contributed by atoms with Gasteiger partial charge in [0.25, 0.3) is 0 Å². The van der Waals surface area contributed by atoms with Gasteiger partial charge in [-0.15, -0.1) is 0 Å². The fourth-order valence-corrected chi connectivity index (χ4v) is 2.00. The summed E-state index contributed by atoms with van der Waals surface area (Å²) in [5.41, 5.74) is 0.